The number of carbonyl (C=O) groups is 2. The summed E-state index contributed by atoms with van der Waals surface area (Å²) in [6, 6.07) is 5.30. The Balaban J connectivity index is 2.21. The van der Waals surface area contributed by atoms with E-state index in [-0.39, 0.29) is 18.4 Å². The van der Waals surface area contributed by atoms with E-state index in [4.69, 9.17) is 16.3 Å². The van der Waals surface area contributed by atoms with E-state index in [2.05, 4.69) is 10.6 Å². The van der Waals surface area contributed by atoms with Gasteiger partial charge in [-0.25, -0.2) is 0 Å². The van der Waals surface area contributed by atoms with Gasteiger partial charge in [-0.05, 0) is 50.6 Å². The van der Waals surface area contributed by atoms with Gasteiger partial charge >= 0.3 is 5.97 Å². The van der Waals surface area contributed by atoms with Crippen LogP contribution in [0.4, 0.5) is 5.69 Å². The van der Waals surface area contributed by atoms with Crippen molar-refractivity contribution in [1.82, 2.24) is 5.32 Å². The van der Waals surface area contributed by atoms with Crippen LogP contribution in [0.2, 0.25) is 5.02 Å². The molecule has 1 aromatic rings. The molecule has 21 heavy (non-hydrogen) atoms. The van der Waals surface area contributed by atoms with E-state index in [9.17, 15) is 9.59 Å². The Morgan fingerprint density at radius 1 is 1.33 bits per heavy atom. The normalized spacial score (nSPS) is 10.2. The molecule has 0 aliphatic carbocycles. The van der Waals surface area contributed by atoms with Crippen LogP contribution in [0.5, 0.6) is 0 Å². The molecule has 1 aromatic carbocycles. The van der Waals surface area contributed by atoms with Gasteiger partial charge in [-0.2, -0.15) is 0 Å². The summed E-state index contributed by atoms with van der Waals surface area (Å²) in [5.74, 6) is -0.336. The maximum atomic E-state index is 11.8. The van der Waals surface area contributed by atoms with E-state index >= 15 is 0 Å². The standard InChI is InChI=1S/C15H21ClN2O3/c1-3-21-15(20)5-4-8-17-10-14(19)18-13-7-6-12(16)9-11(13)2/h6-7,9,17H,3-5,8,10H2,1-2H3,(H,18,19). The minimum absolute atomic E-state index is 0.128. The van der Waals surface area contributed by atoms with E-state index in [1.54, 1.807) is 25.1 Å². The minimum Gasteiger partial charge on any atom is -0.466 e. The fourth-order valence-corrected chi connectivity index (χ4v) is 1.98. The van der Waals surface area contributed by atoms with Crippen molar-refractivity contribution in [3.63, 3.8) is 0 Å². The van der Waals surface area contributed by atoms with Crippen molar-refractivity contribution in [2.75, 3.05) is 25.0 Å². The summed E-state index contributed by atoms with van der Waals surface area (Å²) in [5.41, 5.74) is 1.66. The van der Waals surface area contributed by atoms with E-state index < -0.39 is 0 Å². The molecule has 116 valence electrons. The van der Waals surface area contributed by atoms with E-state index in [1.807, 2.05) is 6.92 Å². The zero-order chi connectivity index (χ0) is 15.7. The molecule has 0 aromatic heterocycles. The number of aryl methyl sites for hydroxylation is 1. The van der Waals surface area contributed by atoms with Crippen LogP contribution in [0, 0.1) is 6.92 Å². The van der Waals surface area contributed by atoms with Crippen molar-refractivity contribution >= 4 is 29.2 Å². The monoisotopic (exact) mass is 312 g/mol. The molecule has 0 atom stereocenters. The fourth-order valence-electron chi connectivity index (χ4n) is 1.75. The average Bonchev–Trinajstić information content (AvgIpc) is 2.42. The number of anilines is 1. The lowest BCUT2D eigenvalue weighted by Crippen LogP contribution is -2.29. The molecule has 0 aliphatic heterocycles. The van der Waals surface area contributed by atoms with Crippen molar-refractivity contribution in [2.45, 2.75) is 26.7 Å². The predicted octanol–water partition coefficient (Wildman–Crippen LogP) is 2.52. The first-order valence-electron chi connectivity index (χ1n) is 6.95. The van der Waals surface area contributed by atoms with Gasteiger partial charge in [0.25, 0.3) is 0 Å². The van der Waals surface area contributed by atoms with E-state index in [1.165, 1.54) is 0 Å². The Kier molecular flexibility index (Phi) is 7.79. The molecule has 0 fully saturated rings. The number of hydrogen-bond donors (Lipinski definition) is 2. The van der Waals surface area contributed by atoms with Crippen LogP contribution in [0.15, 0.2) is 18.2 Å². The van der Waals surface area contributed by atoms with Crippen LogP contribution in [0.25, 0.3) is 0 Å². The number of halogens is 1. The topological polar surface area (TPSA) is 67.4 Å². The second kappa shape index (κ2) is 9.37. The van der Waals surface area contributed by atoms with Crippen molar-refractivity contribution in [2.24, 2.45) is 0 Å². The quantitative estimate of drug-likeness (QED) is 0.572. The number of carbonyl (C=O) groups excluding carboxylic acids is 2. The molecule has 2 N–H and O–H groups in total. The highest BCUT2D eigenvalue weighted by Crippen LogP contribution is 2.19. The van der Waals surface area contributed by atoms with Crippen LogP contribution in [-0.2, 0) is 14.3 Å². The lowest BCUT2D eigenvalue weighted by molar-refractivity contribution is -0.143. The molecular weight excluding hydrogens is 292 g/mol. The molecule has 5 nitrogen and oxygen atoms in total. The van der Waals surface area contributed by atoms with E-state index in [0.29, 0.717) is 31.0 Å². The zero-order valence-electron chi connectivity index (χ0n) is 12.4. The van der Waals surface area contributed by atoms with Gasteiger partial charge in [-0.15, -0.1) is 0 Å². The van der Waals surface area contributed by atoms with Gasteiger partial charge in [0.2, 0.25) is 5.91 Å². The number of hydrogen-bond acceptors (Lipinski definition) is 4. The van der Waals surface area contributed by atoms with Crippen LogP contribution < -0.4 is 10.6 Å². The first kappa shape index (κ1) is 17.5. The number of ether oxygens (including phenoxy) is 1. The maximum absolute atomic E-state index is 11.8. The number of nitrogens with one attached hydrogen (secondary N) is 2. The first-order chi connectivity index (χ1) is 10.0. The molecule has 1 rings (SSSR count). The fraction of sp³-hybridized carbons (Fsp3) is 0.467. The summed E-state index contributed by atoms with van der Waals surface area (Å²) >= 11 is 5.86. The van der Waals surface area contributed by atoms with Crippen LogP contribution in [0.3, 0.4) is 0 Å². The third-order valence-corrected chi connectivity index (χ3v) is 3.02. The van der Waals surface area contributed by atoms with E-state index in [0.717, 1.165) is 11.3 Å². The van der Waals surface area contributed by atoms with Crippen LogP contribution in [-0.4, -0.2) is 31.6 Å². The number of amides is 1. The highest BCUT2D eigenvalue weighted by atomic mass is 35.5. The second-order valence-corrected chi connectivity index (χ2v) is 5.03. The predicted molar refractivity (Wildman–Crippen MR) is 83.6 cm³/mol. The number of benzene rings is 1. The van der Waals surface area contributed by atoms with Gasteiger partial charge in [-0.3, -0.25) is 9.59 Å². The molecule has 0 saturated carbocycles. The molecule has 0 radical (unpaired) electrons. The van der Waals surface area contributed by atoms with Gasteiger partial charge in [0.05, 0.1) is 13.2 Å². The summed E-state index contributed by atoms with van der Waals surface area (Å²) in [6.07, 6.45) is 1.00. The Morgan fingerprint density at radius 3 is 2.76 bits per heavy atom. The Morgan fingerprint density at radius 2 is 2.10 bits per heavy atom. The van der Waals surface area contributed by atoms with Crippen molar-refractivity contribution in [3.8, 4) is 0 Å². The van der Waals surface area contributed by atoms with Gasteiger partial charge in [0.15, 0.2) is 0 Å². The zero-order valence-corrected chi connectivity index (χ0v) is 13.1. The van der Waals surface area contributed by atoms with Crippen LogP contribution >= 0.6 is 11.6 Å². The lowest BCUT2D eigenvalue weighted by atomic mass is 10.2. The van der Waals surface area contributed by atoms with Gasteiger partial charge in [0.1, 0.15) is 0 Å². The summed E-state index contributed by atoms with van der Waals surface area (Å²) in [6.45, 7) is 4.85. The number of esters is 1. The smallest absolute Gasteiger partial charge is 0.305 e. The summed E-state index contributed by atoms with van der Waals surface area (Å²) in [4.78, 5) is 22.9. The third kappa shape index (κ3) is 7.11. The molecule has 6 heteroatoms. The largest absolute Gasteiger partial charge is 0.466 e. The minimum atomic E-state index is -0.208. The van der Waals surface area contributed by atoms with Crippen molar-refractivity contribution in [3.05, 3.63) is 28.8 Å². The molecule has 0 saturated heterocycles. The number of rotatable bonds is 8. The second-order valence-electron chi connectivity index (χ2n) is 4.59. The Labute approximate surface area is 130 Å². The van der Waals surface area contributed by atoms with Gasteiger partial charge in [0, 0.05) is 17.1 Å². The van der Waals surface area contributed by atoms with Crippen molar-refractivity contribution < 1.29 is 14.3 Å². The SMILES string of the molecule is CCOC(=O)CCCNCC(=O)Nc1ccc(Cl)cc1C. The van der Waals surface area contributed by atoms with Gasteiger partial charge < -0.3 is 15.4 Å². The molecule has 0 aliphatic rings. The summed E-state index contributed by atoms with van der Waals surface area (Å²) < 4.78 is 4.81. The summed E-state index contributed by atoms with van der Waals surface area (Å²) in [7, 11) is 0. The Hall–Kier alpha value is -1.59. The molecular formula is C15H21ClN2O3. The van der Waals surface area contributed by atoms with Crippen molar-refractivity contribution in [1.29, 1.82) is 0 Å². The lowest BCUT2D eigenvalue weighted by Gasteiger charge is -2.09. The first-order valence-corrected chi connectivity index (χ1v) is 7.33. The summed E-state index contributed by atoms with van der Waals surface area (Å²) in [5, 5.41) is 6.43. The molecule has 0 spiro atoms. The van der Waals surface area contributed by atoms with Gasteiger partial charge in [-0.1, -0.05) is 11.6 Å². The highest BCUT2D eigenvalue weighted by molar-refractivity contribution is 6.30. The molecule has 0 heterocycles. The molecule has 1 amide bonds. The molecule has 0 unspecified atom stereocenters. The average molecular weight is 313 g/mol. The third-order valence-electron chi connectivity index (χ3n) is 2.79. The van der Waals surface area contributed by atoms with Crippen LogP contribution in [0.1, 0.15) is 25.3 Å². The Bertz CT molecular complexity index is 492. The highest BCUT2D eigenvalue weighted by Gasteiger charge is 2.05. The molecule has 0 bridgehead atoms. The maximum Gasteiger partial charge on any atom is 0.305 e.